The van der Waals surface area contributed by atoms with Gasteiger partial charge in [-0.2, -0.15) is 0 Å². The number of rotatable bonds is 5. The Labute approximate surface area is 196 Å². The van der Waals surface area contributed by atoms with E-state index in [0.717, 1.165) is 0 Å². The van der Waals surface area contributed by atoms with Crippen molar-refractivity contribution in [1.82, 2.24) is 4.90 Å². The molecule has 1 fully saturated rings. The maximum absolute atomic E-state index is 13.2. The molecule has 0 spiro atoms. The molecule has 4 rings (SSSR count). The van der Waals surface area contributed by atoms with Crippen molar-refractivity contribution < 1.29 is 32.6 Å². The van der Waals surface area contributed by atoms with E-state index in [1.165, 1.54) is 30.3 Å². The lowest BCUT2D eigenvalue weighted by Crippen LogP contribution is -2.53. The van der Waals surface area contributed by atoms with E-state index >= 15 is 0 Å². The topological polar surface area (TPSA) is 122 Å². The standard InChI is InChI=1S/C22H23ClN2O7S/c1-25-17-8-7-14(11-21(26)27)32-19(17)12-31-18-9-6-13(10-15(18)22(25)28)24-33(29,30)20-5-3-2-4-16(20)23/h2-6,9-10,14,17,19,24H,7-8,11-12H2,1H3,(H,26,27)/t14-,17+,19-/m0/s1. The second kappa shape index (κ2) is 9.20. The molecule has 11 heteroatoms. The Balaban J connectivity index is 1.58. The molecule has 2 N–H and O–H groups in total. The number of fused-ring (bicyclic) bond motifs is 2. The van der Waals surface area contributed by atoms with Gasteiger partial charge in [0.25, 0.3) is 15.9 Å². The molecule has 3 atom stereocenters. The smallest absolute Gasteiger partial charge is 0.305 e. The van der Waals surface area contributed by atoms with Crippen LogP contribution in [0.5, 0.6) is 5.75 Å². The number of nitrogens with one attached hydrogen (secondary N) is 1. The monoisotopic (exact) mass is 494 g/mol. The fraction of sp³-hybridized carbons (Fsp3) is 0.364. The van der Waals surface area contributed by atoms with Crippen LogP contribution in [0.25, 0.3) is 0 Å². The molecule has 0 saturated carbocycles. The van der Waals surface area contributed by atoms with Crippen LogP contribution < -0.4 is 9.46 Å². The van der Waals surface area contributed by atoms with Crippen LogP contribution >= 0.6 is 11.6 Å². The lowest BCUT2D eigenvalue weighted by Gasteiger charge is -2.42. The zero-order valence-corrected chi connectivity index (χ0v) is 19.3. The van der Waals surface area contributed by atoms with E-state index in [0.29, 0.717) is 12.8 Å². The second-order valence-electron chi connectivity index (χ2n) is 8.01. The third-order valence-electron chi connectivity index (χ3n) is 5.79. The molecule has 1 amide bonds. The number of aliphatic carboxylic acids is 1. The van der Waals surface area contributed by atoms with Crippen molar-refractivity contribution in [3.05, 3.63) is 53.1 Å². The van der Waals surface area contributed by atoms with E-state index in [9.17, 15) is 18.0 Å². The number of ether oxygens (including phenoxy) is 2. The van der Waals surface area contributed by atoms with Crippen LogP contribution in [0, 0.1) is 0 Å². The molecule has 0 unspecified atom stereocenters. The molecule has 9 nitrogen and oxygen atoms in total. The van der Waals surface area contributed by atoms with Crippen LogP contribution in [0.15, 0.2) is 47.4 Å². The molecule has 0 radical (unpaired) electrons. The molecule has 2 aromatic carbocycles. The van der Waals surface area contributed by atoms with Crippen LogP contribution in [-0.4, -0.2) is 62.2 Å². The summed E-state index contributed by atoms with van der Waals surface area (Å²) in [6.07, 6.45) is 0.0738. The average Bonchev–Trinajstić information content (AvgIpc) is 2.76. The second-order valence-corrected chi connectivity index (χ2v) is 10.1. The lowest BCUT2D eigenvalue weighted by molar-refractivity contribution is -0.148. The van der Waals surface area contributed by atoms with Gasteiger partial charge in [0.2, 0.25) is 0 Å². The summed E-state index contributed by atoms with van der Waals surface area (Å²) in [5.74, 6) is -1.000. The number of anilines is 1. The van der Waals surface area contributed by atoms with Crippen LogP contribution in [0.1, 0.15) is 29.6 Å². The molecule has 1 saturated heterocycles. The predicted molar refractivity (Wildman–Crippen MR) is 120 cm³/mol. The number of amides is 1. The molecule has 2 aliphatic rings. The fourth-order valence-corrected chi connectivity index (χ4v) is 5.73. The van der Waals surface area contributed by atoms with Gasteiger partial charge in [-0.05, 0) is 43.2 Å². The van der Waals surface area contributed by atoms with Gasteiger partial charge in [-0.15, -0.1) is 0 Å². The SMILES string of the molecule is CN1C(=O)c2cc(NS(=O)(=O)c3ccccc3Cl)ccc2OC[C@@H]2O[C@H](CC(=O)O)CC[C@H]21. The Hall–Kier alpha value is -2.82. The molecule has 2 aliphatic heterocycles. The Morgan fingerprint density at radius 3 is 2.73 bits per heavy atom. The molecular weight excluding hydrogens is 472 g/mol. The number of nitrogens with zero attached hydrogens (tertiary/aromatic N) is 1. The van der Waals surface area contributed by atoms with Crippen molar-refractivity contribution >= 4 is 39.2 Å². The van der Waals surface area contributed by atoms with Crippen molar-refractivity contribution in [3.8, 4) is 5.75 Å². The number of sulfonamides is 1. The molecule has 0 aromatic heterocycles. The number of likely N-dealkylation sites (N-methyl/N-ethyl adjacent to an activating group) is 1. The van der Waals surface area contributed by atoms with Crippen molar-refractivity contribution in [2.24, 2.45) is 0 Å². The van der Waals surface area contributed by atoms with Crippen LogP contribution in [-0.2, 0) is 19.6 Å². The normalized spacial score (nSPS) is 22.9. The summed E-state index contributed by atoms with van der Waals surface area (Å²) in [7, 11) is -2.32. The van der Waals surface area contributed by atoms with E-state index in [4.69, 9.17) is 26.2 Å². The highest BCUT2D eigenvalue weighted by atomic mass is 35.5. The number of hydrogen-bond donors (Lipinski definition) is 2. The Morgan fingerprint density at radius 1 is 1.24 bits per heavy atom. The maximum Gasteiger partial charge on any atom is 0.305 e. The number of carboxylic acids is 1. The maximum atomic E-state index is 13.2. The average molecular weight is 495 g/mol. The molecule has 0 aliphatic carbocycles. The third kappa shape index (κ3) is 4.92. The van der Waals surface area contributed by atoms with E-state index in [-0.39, 0.29) is 51.9 Å². The first kappa shape index (κ1) is 23.3. The minimum atomic E-state index is -3.97. The van der Waals surface area contributed by atoms with Gasteiger partial charge >= 0.3 is 5.97 Å². The van der Waals surface area contributed by atoms with Crippen LogP contribution in [0.2, 0.25) is 5.02 Å². The first-order valence-electron chi connectivity index (χ1n) is 10.3. The Kier molecular flexibility index (Phi) is 6.51. The first-order chi connectivity index (χ1) is 15.7. The molecule has 176 valence electrons. The van der Waals surface area contributed by atoms with Crippen molar-refractivity contribution in [1.29, 1.82) is 0 Å². The number of carbonyl (C=O) groups is 2. The highest BCUT2D eigenvalue weighted by molar-refractivity contribution is 7.92. The number of halogens is 1. The molecule has 0 bridgehead atoms. The van der Waals surface area contributed by atoms with Gasteiger partial charge in [-0.25, -0.2) is 8.42 Å². The van der Waals surface area contributed by atoms with Crippen molar-refractivity contribution in [2.45, 2.75) is 42.4 Å². The predicted octanol–water partition coefficient (Wildman–Crippen LogP) is 3.00. The third-order valence-corrected chi connectivity index (χ3v) is 7.67. The molecular formula is C22H23ClN2O7S. The van der Waals surface area contributed by atoms with E-state index in [2.05, 4.69) is 4.72 Å². The van der Waals surface area contributed by atoms with Gasteiger partial charge in [0, 0.05) is 12.7 Å². The summed E-state index contributed by atoms with van der Waals surface area (Å²) in [4.78, 5) is 25.8. The quantitative estimate of drug-likeness (QED) is 0.655. The number of carboxylic acid groups (broad SMARTS) is 1. The number of carbonyl (C=O) groups excluding carboxylic acids is 1. The van der Waals surface area contributed by atoms with Gasteiger partial charge in [0.1, 0.15) is 23.4 Å². The summed E-state index contributed by atoms with van der Waals surface area (Å²) >= 11 is 6.03. The number of hydrogen-bond acceptors (Lipinski definition) is 6. The van der Waals surface area contributed by atoms with Crippen molar-refractivity contribution in [3.63, 3.8) is 0 Å². The zero-order valence-electron chi connectivity index (χ0n) is 17.7. The largest absolute Gasteiger partial charge is 0.490 e. The van der Waals surface area contributed by atoms with E-state index in [1.54, 1.807) is 24.1 Å². The van der Waals surface area contributed by atoms with Gasteiger partial charge < -0.3 is 19.5 Å². The number of benzene rings is 2. The van der Waals surface area contributed by atoms with Gasteiger partial charge in [0.05, 0.1) is 29.2 Å². The summed E-state index contributed by atoms with van der Waals surface area (Å²) in [6, 6.07) is 10.2. The Bertz CT molecular complexity index is 1190. The summed E-state index contributed by atoms with van der Waals surface area (Å²) in [5.41, 5.74) is 0.403. The lowest BCUT2D eigenvalue weighted by atomic mass is 9.95. The minimum Gasteiger partial charge on any atom is -0.490 e. The van der Waals surface area contributed by atoms with Crippen LogP contribution in [0.3, 0.4) is 0 Å². The van der Waals surface area contributed by atoms with Gasteiger partial charge in [0.15, 0.2) is 0 Å². The van der Waals surface area contributed by atoms with Gasteiger partial charge in [-0.1, -0.05) is 23.7 Å². The summed E-state index contributed by atoms with van der Waals surface area (Å²) in [5, 5.41) is 9.13. The fourth-order valence-electron chi connectivity index (χ4n) is 4.16. The molecule has 33 heavy (non-hydrogen) atoms. The van der Waals surface area contributed by atoms with E-state index in [1.807, 2.05) is 0 Å². The zero-order chi connectivity index (χ0) is 23.8. The van der Waals surface area contributed by atoms with E-state index < -0.39 is 28.2 Å². The first-order valence-corrected chi connectivity index (χ1v) is 12.2. The van der Waals surface area contributed by atoms with Gasteiger partial charge in [-0.3, -0.25) is 14.3 Å². The molecule has 2 heterocycles. The van der Waals surface area contributed by atoms with Crippen molar-refractivity contribution in [2.75, 3.05) is 18.4 Å². The minimum absolute atomic E-state index is 0.0729. The summed E-state index contributed by atoms with van der Waals surface area (Å²) < 4.78 is 39.8. The Morgan fingerprint density at radius 2 is 2.00 bits per heavy atom. The highest BCUT2D eigenvalue weighted by Crippen LogP contribution is 2.33. The van der Waals surface area contributed by atoms with Crippen LogP contribution in [0.4, 0.5) is 5.69 Å². The summed E-state index contributed by atoms with van der Waals surface area (Å²) in [6.45, 7) is 0.135. The molecule has 2 aromatic rings. The highest BCUT2D eigenvalue weighted by Gasteiger charge is 2.39.